The number of hydrogen-bond acceptors (Lipinski definition) is 4. The Kier molecular flexibility index (Phi) is 3.48. The highest BCUT2D eigenvalue weighted by molar-refractivity contribution is 5.94. The average molecular weight is 348 g/mol. The molecule has 5 nitrogen and oxygen atoms in total. The molecule has 0 aromatic carbocycles. The van der Waals surface area contributed by atoms with Crippen molar-refractivity contribution in [3.8, 4) is 0 Å². The monoisotopic (exact) mass is 348 g/mol. The smallest absolute Gasteiger partial charge is 0.337 e. The Morgan fingerprint density at radius 2 is 1.84 bits per heavy atom. The van der Waals surface area contributed by atoms with Crippen LogP contribution in [0.15, 0.2) is 11.1 Å². The zero-order valence-corrected chi connectivity index (χ0v) is 15.3. The average Bonchev–Trinajstić information content (AvgIpc) is 2.82. The van der Waals surface area contributed by atoms with Crippen LogP contribution in [0.5, 0.6) is 0 Å². The van der Waals surface area contributed by atoms with Crippen LogP contribution < -0.4 is 0 Å². The molecule has 0 unspecified atom stereocenters. The fraction of sp³-hybridized carbons (Fsp3) is 0.800. The van der Waals surface area contributed by atoms with Gasteiger partial charge in [0.05, 0.1) is 5.41 Å². The van der Waals surface area contributed by atoms with Crippen molar-refractivity contribution < 1.29 is 24.5 Å². The molecule has 2 N–H and O–H groups in total. The van der Waals surface area contributed by atoms with Crippen molar-refractivity contribution >= 4 is 11.9 Å². The van der Waals surface area contributed by atoms with Crippen molar-refractivity contribution in [2.45, 2.75) is 72.0 Å². The molecule has 3 aliphatic carbocycles. The molecular weight excluding hydrogens is 320 g/mol. The first-order valence-electron chi connectivity index (χ1n) is 9.50. The summed E-state index contributed by atoms with van der Waals surface area (Å²) in [5.41, 5.74) is 0.370. The van der Waals surface area contributed by atoms with Gasteiger partial charge in [0.2, 0.25) is 6.29 Å². The third-order valence-electron chi connectivity index (χ3n) is 8.30. The third kappa shape index (κ3) is 1.99. The van der Waals surface area contributed by atoms with Gasteiger partial charge in [-0.25, -0.2) is 4.79 Å². The van der Waals surface area contributed by atoms with Gasteiger partial charge in [-0.2, -0.15) is 0 Å². The summed E-state index contributed by atoms with van der Waals surface area (Å²) in [5, 5.41) is 20.0. The lowest BCUT2D eigenvalue weighted by Crippen LogP contribution is -2.58. The van der Waals surface area contributed by atoms with Gasteiger partial charge in [0.15, 0.2) is 0 Å². The van der Waals surface area contributed by atoms with Crippen LogP contribution in [0, 0.1) is 28.1 Å². The van der Waals surface area contributed by atoms with Crippen molar-refractivity contribution in [2.24, 2.45) is 28.1 Å². The number of carbonyl (C=O) groups is 2. The fourth-order valence-electron chi connectivity index (χ4n) is 7.16. The maximum atomic E-state index is 12.4. The molecule has 25 heavy (non-hydrogen) atoms. The van der Waals surface area contributed by atoms with Crippen molar-refractivity contribution in [3.05, 3.63) is 11.1 Å². The van der Waals surface area contributed by atoms with E-state index >= 15 is 0 Å². The van der Waals surface area contributed by atoms with Gasteiger partial charge in [-0.05, 0) is 62.7 Å². The molecule has 0 aromatic rings. The summed E-state index contributed by atoms with van der Waals surface area (Å²) in [5.74, 6) is -0.657. The Morgan fingerprint density at radius 1 is 1.12 bits per heavy atom. The lowest BCUT2D eigenvalue weighted by atomic mass is 9.40. The summed E-state index contributed by atoms with van der Waals surface area (Å²) in [4.78, 5) is 24.5. The molecule has 0 radical (unpaired) electrons. The summed E-state index contributed by atoms with van der Waals surface area (Å²) in [6, 6.07) is 0. The zero-order valence-electron chi connectivity index (χ0n) is 15.3. The van der Waals surface area contributed by atoms with Crippen molar-refractivity contribution in [3.63, 3.8) is 0 Å². The lowest BCUT2D eigenvalue weighted by molar-refractivity contribution is -0.176. The number of ether oxygens (including phenoxy) is 1. The number of rotatable bonds is 1. The normalized spacial score (nSPS) is 49.1. The van der Waals surface area contributed by atoms with E-state index in [1.54, 1.807) is 0 Å². The topological polar surface area (TPSA) is 83.8 Å². The number of carboxylic acid groups (broad SMARTS) is 1. The molecule has 4 aliphatic rings. The second-order valence-corrected chi connectivity index (χ2v) is 9.34. The molecule has 5 heteroatoms. The predicted molar refractivity (Wildman–Crippen MR) is 90.4 cm³/mol. The quantitative estimate of drug-likeness (QED) is 0.711. The van der Waals surface area contributed by atoms with Crippen LogP contribution in [0.25, 0.3) is 0 Å². The second-order valence-electron chi connectivity index (χ2n) is 9.34. The van der Waals surface area contributed by atoms with Crippen molar-refractivity contribution in [1.29, 1.82) is 0 Å². The highest BCUT2D eigenvalue weighted by Gasteiger charge is 2.64. The Morgan fingerprint density at radius 3 is 2.52 bits per heavy atom. The van der Waals surface area contributed by atoms with Crippen LogP contribution in [0.1, 0.15) is 65.7 Å². The van der Waals surface area contributed by atoms with Crippen LogP contribution in [0.4, 0.5) is 0 Å². The highest BCUT2D eigenvalue weighted by atomic mass is 16.6. The van der Waals surface area contributed by atoms with Gasteiger partial charge in [-0.3, -0.25) is 4.79 Å². The van der Waals surface area contributed by atoms with Crippen LogP contribution in [0.2, 0.25) is 0 Å². The van der Waals surface area contributed by atoms with E-state index in [9.17, 15) is 19.8 Å². The van der Waals surface area contributed by atoms with Gasteiger partial charge in [-0.1, -0.05) is 20.3 Å². The van der Waals surface area contributed by atoms with Gasteiger partial charge >= 0.3 is 11.9 Å². The molecule has 2 fully saturated rings. The summed E-state index contributed by atoms with van der Waals surface area (Å²) < 4.78 is 5.12. The Labute approximate surface area is 148 Å². The van der Waals surface area contributed by atoms with Crippen LogP contribution >= 0.6 is 0 Å². The SMILES string of the molecule is C[C@]12CCC[C@](C)(C(=O)O)[C@@H]1CC[C@@]1(C)C3=C(CC[C@H]21)[C@H](O)OC3=O. The minimum atomic E-state index is -1.08. The maximum Gasteiger partial charge on any atom is 0.337 e. The molecule has 0 aromatic heterocycles. The number of carbonyl (C=O) groups excluding carboxylic acids is 1. The number of aliphatic hydroxyl groups excluding tert-OH is 1. The van der Waals surface area contributed by atoms with E-state index in [0.29, 0.717) is 12.0 Å². The van der Waals surface area contributed by atoms with Crippen LogP contribution in [0.3, 0.4) is 0 Å². The van der Waals surface area contributed by atoms with E-state index in [4.69, 9.17) is 4.74 Å². The van der Waals surface area contributed by atoms with E-state index < -0.39 is 17.7 Å². The first-order chi connectivity index (χ1) is 11.6. The van der Waals surface area contributed by atoms with Gasteiger partial charge in [-0.15, -0.1) is 0 Å². The summed E-state index contributed by atoms with van der Waals surface area (Å²) in [6.45, 7) is 6.31. The molecule has 4 rings (SSSR count). The third-order valence-corrected chi connectivity index (χ3v) is 8.30. The zero-order chi connectivity index (χ0) is 18.2. The van der Waals surface area contributed by atoms with Gasteiger partial charge in [0.25, 0.3) is 0 Å². The molecule has 138 valence electrons. The van der Waals surface area contributed by atoms with E-state index in [-0.39, 0.29) is 28.6 Å². The minimum absolute atomic E-state index is 0.0925. The van der Waals surface area contributed by atoms with Gasteiger partial charge in [0.1, 0.15) is 0 Å². The lowest BCUT2D eigenvalue weighted by Gasteiger charge is -2.63. The number of aliphatic hydroxyl groups is 1. The summed E-state index contributed by atoms with van der Waals surface area (Å²) >= 11 is 0. The first-order valence-corrected chi connectivity index (χ1v) is 9.50. The number of aliphatic carboxylic acids is 1. The number of fused-ring (bicyclic) bond motifs is 4. The standard InChI is InChI=1S/C20H28O5/c1-18-8-4-9-20(3,17(23)24)13(18)7-10-19(2)12(18)6-5-11-14(19)16(22)25-15(11)21/h12-13,15,21H,4-10H2,1-3H3,(H,23,24)/t12-,13-,15-,18-,19-,20+/m1/s1. The molecule has 6 atom stereocenters. The van der Waals surface area contributed by atoms with Crippen LogP contribution in [-0.2, 0) is 14.3 Å². The molecule has 0 saturated heterocycles. The number of carboxylic acids is 1. The van der Waals surface area contributed by atoms with E-state index in [0.717, 1.165) is 44.1 Å². The largest absolute Gasteiger partial charge is 0.481 e. The number of hydrogen-bond donors (Lipinski definition) is 2. The van der Waals surface area contributed by atoms with Crippen LogP contribution in [-0.4, -0.2) is 28.4 Å². The molecule has 0 bridgehead atoms. The van der Waals surface area contributed by atoms with Gasteiger partial charge in [0, 0.05) is 16.6 Å². The Hall–Kier alpha value is -1.36. The molecule has 0 amide bonds. The molecule has 1 aliphatic heterocycles. The second kappa shape index (κ2) is 5.09. The van der Waals surface area contributed by atoms with E-state index in [2.05, 4.69) is 13.8 Å². The number of cyclic esters (lactones) is 1. The van der Waals surface area contributed by atoms with Crippen molar-refractivity contribution in [1.82, 2.24) is 0 Å². The maximum absolute atomic E-state index is 12.4. The molecule has 0 spiro atoms. The minimum Gasteiger partial charge on any atom is -0.481 e. The Bertz CT molecular complexity index is 682. The van der Waals surface area contributed by atoms with E-state index in [1.807, 2.05) is 6.92 Å². The van der Waals surface area contributed by atoms with Crippen molar-refractivity contribution in [2.75, 3.05) is 0 Å². The Balaban J connectivity index is 1.79. The predicted octanol–water partition coefficient (Wildman–Crippen LogP) is 3.27. The van der Waals surface area contributed by atoms with Gasteiger partial charge < -0.3 is 14.9 Å². The molecule has 1 heterocycles. The number of esters is 1. The summed E-state index contributed by atoms with van der Waals surface area (Å²) in [7, 11) is 0. The summed E-state index contributed by atoms with van der Waals surface area (Å²) in [6.07, 6.45) is 4.76. The fourth-order valence-corrected chi connectivity index (χ4v) is 7.16. The van der Waals surface area contributed by atoms with E-state index in [1.165, 1.54) is 0 Å². The molecular formula is C20H28O5. The highest BCUT2D eigenvalue weighted by Crippen LogP contribution is 2.69. The molecule has 2 saturated carbocycles. The first kappa shape index (κ1) is 17.1.